The second-order valence-corrected chi connectivity index (χ2v) is 11.9. The Bertz CT molecular complexity index is 1480. The predicted octanol–water partition coefficient (Wildman–Crippen LogP) is 5.15. The normalized spacial score (nSPS) is 17.9. The van der Waals surface area contributed by atoms with Crippen molar-refractivity contribution in [2.75, 3.05) is 30.0 Å². The van der Waals surface area contributed by atoms with Gasteiger partial charge in [-0.25, -0.2) is 8.42 Å². The molecule has 11 heteroatoms. The van der Waals surface area contributed by atoms with E-state index in [9.17, 15) is 21.6 Å². The fraction of sp³-hybridized carbons (Fsp3) is 0.429. The van der Waals surface area contributed by atoms with Crippen LogP contribution in [0.25, 0.3) is 10.9 Å². The summed E-state index contributed by atoms with van der Waals surface area (Å²) in [6.07, 6.45) is -0.776. The lowest BCUT2D eigenvalue weighted by Gasteiger charge is -2.28. The minimum atomic E-state index is -4.42. The van der Waals surface area contributed by atoms with E-state index in [1.807, 2.05) is 6.07 Å². The highest BCUT2D eigenvalue weighted by Gasteiger charge is 2.30. The number of nitrogens with zero attached hydrogens (tertiary/aromatic N) is 1. The molecular weight excluding hydrogens is 529 g/mol. The SMILES string of the molecule is CCS(=O)(=O)c1ccc(NCC#Cc2cc3c(NC4CCC(N)CC4)cccc3n2CC(F)(F)F)c(OC)c1. The number of aromatic nitrogens is 1. The Balaban J connectivity index is 1.58. The van der Waals surface area contributed by atoms with Crippen molar-refractivity contribution in [3.8, 4) is 17.6 Å². The molecule has 7 nitrogen and oxygen atoms in total. The molecule has 0 saturated heterocycles. The summed E-state index contributed by atoms with van der Waals surface area (Å²) in [5.74, 6) is 6.07. The monoisotopic (exact) mass is 562 g/mol. The standard InChI is InChI=1S/C28H33F3N4O3S/c1-3-39(36,37)22-13-14-25(27(17-22)38-2)33-15-5-6-21-16-23-24(34-20-11-9-19(32)10-12-20)7-4-8-26(23)35(21)18-28(29,30)31/h4,7-8,13-14,16-17,19-20,33-34H,3,9-12,15,18,32H2,1-2H3. The fourth-order valence-corrected chi connectivity index (χ4v) is 5.69. The number of methoxy groups -OCH3 is 1. The van der Waals surface area contributed by atoms with Crippen LogP contribution >= 0.6 is 0 Å². The van der Waals surface area contributed by atoms with Crippen molar-refractivity contribution >= 4 is 32.1 Å². The molecule has 39 heavy (non-hydrogen) atoms. The Labute approximate surface area is 226 Å². The number of anilines is 2. The summed E-state index contributed by atoms with van der Waals surface area (Å²) in [6.45, 7) is 0.514. The molecule has 0 unspecified atom stereocenters. The first-order valence-corrected chi connectivity index (χ1v) is 14.5. The molecular formula is C28H33F3N4O3S. The molecule has 1 heterocycles. The number of hydrogen-bond donors (Lipinski definition) is 3. The fourth-order valence-electron chi connectivity index (χ4n) is 4.80. The highest BCUT2D eigenvalue weighted by molar-refractivity contribution is 7.91. The third-order valence-electron chi connectivity index (χ3n) is 6.91. The molecule has 0 spiro atoms. The lowest BCUT2D eigenvalue weighted by Crippen LogP contribution is -2.32. The first-order chi connectivity index (χ1) is 18.5. The number of halogens is 3. The zero-order chi connectivity index (χ0) is 28.2. The molecule has 3 aromatic rings. The highest BCUT2D eigenvalue weighted by Crippen LogP contribution is 2.32. The Kier molecular flexibility index (Phi) is 8.67. The first-order valence-electron chi connectivity index (χ1n) is 12.9. The number of sulfone groups is 1. The summed E-state index contributed by atoms with van der Waals surface area (Å²) in [5.41, 5.74) is 8.02. The molecule has 4 rings (SSSR count). The lowest BCUT2D eigenvalue weighted by molar-refractivity contribution is -0.140. The Hall–Kier alpha value is -3.36. The van der Waals surface area contributed by atoms with Crippen LogP contribution in [0.15, 0.2) is 47.4 Å². The van der Waals surface area contributed by atoms with Crippen LogP contribution < -0.4 is 21.1 Å². The van der Waals surface area contributed by atoms with Crippen LogP contribution in [-0.4, -0.2) is 50.7 Å². The minimum absolute atomic E-state index is 0.0353. The summed E-state index contributed by atoms with van der Waals surface area (Å²) in [5, 5.41) is 7.24. The number of nitrogens with two attached hydrogens (primary N) is 1. The van der Waals surface area contributed by atoms with Gasteiger partial charge < -0.3 is 25.7 Å². The van der Waals surface area contributed by atoms with E-state index < -0.39 is 22.6 Å². The molecule has 0 bridgehead atoms. The van der Waals surface area contributed by atoms with Crippen molar-refractivity contribution < 1.29 is 26.3 Å². The number of ether oxygens (including phenoxy) is 1. The molecule has 1 aliphatic carbocycles. The minimum Gasteiger partial charge on any atom is -0.495 e. The van der Waals surface area contributed by atoms with Gasteiger partial charge in [-0.3, -0.25) is 0 Å². The van der Waals surface area contributed by atoms with E-state index in [2.05, 4.69) is 22.5 Å². The number of alkyl halides is 3. The molecule has 1 aromatic heterocycles. The van der Waals surface area contributed by atoms with Gasteiger partial charge in [0.1, 0.15) is 12.3 Å². The van der Waals surface area contributed by atoms with Gasteiger partial charge in [0.25, 0.3) is 0 Å². The van der Waals surface area contributed by atoms with E-state index in [1.165, 1.54) is 23.8 Å². The molecule has 0 radical (unpaired) electrons. The van der Waals surface area contributed by atoms with Gasteiger partial charge in [0, 0.05) is 29.2 Å². The average Bonchev–Trinajstić information content (AvgIpc) is 3.24. The first kappa shape index (κ1) is 28.6. The van der Waals surface area contributed by atoms with Crippen LogP contribution in [0.5, 0.6) is 5.75 Å². The topological polar surface area (TPSA) is 98.4 Å². The summed E-state index contributed by atoms with van der Waals surface area (Å²) in [7, 11) is -1.97. The molecule has 0 atom stereocenters. The van der Waals surface area contributed by atoms with Crippen LogP contribution in [0, 0.1) is 11.8 Å². The van der Waals surface area contributed by atoms with Crippen LogP contribution in [0.1, 0.15) is 38.3 Å². The Morgan fingerprint density at radius 2 is 1.85 bits per heavy atom. The quantitative estimate of drug-likeness (QED) is 0.329. The predicted molar refractivity (Wildman–Crippen MR) is 148 cm³/mol. The third kappa shape index (κ3) is 6.99. The summed E-state index contributed by atoms with van der Waals surface area (Å²) in [6, 6.07) is 11.9. The molecule has 0 amide bonds. The van der Waals surface area contributed by atoms with E-state index in [1.54, 1.807) is 31.2 Å². The van der Waals surface area contributed by atoms with Gasteiger partial charge >= 0.3 is 6.18 Å². The van der Waals surface area contributed by atoms with Crippen LogP contribution in [0.4, 0.5) is 24.5 Å². The average molecular weight is 563 g/mol. The zero-order valence-electron chi connectivity index (χ0n) is 21.9. The van der Waals surface area contributed by atoms with Gasteiger partial charge in [-0.1, -0.05) is 18.9 Å². The second-order valence-electron chi connectivity index (χ2n) is 9.65. The molecule has 4 N–H and O–H groups in total. The lowest BCUT2D eigenvalue weighted by atomic mass is 9.91. The zero-order valence-corrected chi connectivity index (χ0v) is 22.8. The highest BCUT2D eigenvalue weighted by atomic mass is 32.2. The van der Waals surface area contributed by atoms with Gasteiger partial charge in [0.05, 0.1) is 41.2 Å². The van der Waals surface area contributed by atoms with E-state index in [-0.39, 0.29) is 35.0 Å². The maximum absolute atomic E-state index is 13.5. The number of benzene rings is 2. The smallest absolute Gasteiger partial charge is 0.406 e. The van der Waals surface area contributed by atoms with Crippen molar-refractivity contribution in [2.24, 2.45) is 5.73 Å². The third-order valence-corrected chi connectivity index (χ3v) is 8.64. The molecule has 2 aromatic carbocycles. The Morgan fingerprint density at radius 1 is 1.10 bits per heavy atom. The van der Waals surface area contributed by atoms with Gasteiger partial charge in [-0.2, -0.15) is 13.2 Å². The van der Waals surface area contributed by atoms with Crippen LogP contribution in [0.2, 0.25) is 0 Å². The molecule has 0 aliphatic heterocycles. The maximum Gasteiger partial charge on any atom is 0.406 e. The van der Waals surface area contributed by atoms with E-state index in [4.69, 9.17) is 10.5 Å². The molecule has 1 fully saturated rings. The van der Waals surface area contributed by atoms with Gasteiger partial charge in [-0.15, -0.1) is 0 Å². The van der Waals surface area contributed by atoms with Crippen molar-refractivity contribution in [1.29, 1.82) is 0 Å². The van der Waals surface area contributed by atoms with E-state index >= 15 is 0 Å². The van der Waals surface area contributed by atoms with Crippen molar-refractivity contribution in [1.82, 2.24) is 4.57 Å². The van der Waals surface area contributed by atoms with Crippen LogP contribution in [-0.2, 0) is 16.4 Å². The second kappa shape index (κ2) is 11.8. The van der Waals surface area contributed by atoms with Crippen molar-refractivity contribution in [3.05, 3.63) is 48.2 Å². The van der Waals surface area contributed by atoms with Crippen molar-refractivity contribution in [3.63, 3.8) is 0 Å². The number of nitrogens with one attached hydrogen (secondary N) is 2. The van der Waals surface area contributed by atoms with Gasteiger partial charge in [0.2, 0.25) is 0 Å². The molecule has 210 valence electrons. The summed E-state index contributed by atoms with van der Waals surface area (Å²) in [4.78, 5) is 0.149. The number of rotatable bonds is 8. The van der Waals surface area contributed by atoms with E-state index in [0.717, 1.165) is 31.4 Å². The van der Waals surface area contributed by atoms with Crippen LogP contribution in [0.3, 0.4) is 0 Å². The number of fused-ring (bicyclic) bond motifs is 1. The van der Waals surface area contributed by atoms with Gasteiger partial charge in [-0.05, 0) is 61.9 Å². The molecule has 1 saturated carbocycles. The maximum atomic E-state index is 13.5. The van der Waals surface area contributed by atoms with Crippen molar-refractivity contribution in [2.45, 2.75) is 62.3 Å². The van der Waals surface area contributed by atoms with E-state index in [0.29, 0.717) is 22.3 Å². The molecule has 1 aliphatic rings. The Morgan fingerprint density at radius 3 is 2.51 bits per heavy atom. The largest absolute Gasteiger partial charge is 0.495 e. The number of hydrogen-bond acceptors (Lipinski definition) is 6. The van der Waals surface area contributed by atoms with Gasteiger partial charge in [0.15, 0.2) is 9.84 Å². The summed E-state index contributed by atoms with van der Waals surface area (Å²) < 4.78 is 71.3. The summed E-state index contributed by atoms with van der Waals surface area (Å²) >= 11 is 0.